The largest absolute Gasteiger partial charge is 0.354 e. The molecule has 0 radical (unpaired) electrons. The Hall–Kier alpha value is -2.75. The summed E-state index contributed by atoms with van der Waals surface area (Å²) in [5.74, 6) is 0.121. The van der Waals surface area contributed by atoms with Gasteiger partial charge in [0, 0.05) is 5.56 Å². The highest BCUT2D eigenvalue weighted by molar-refractivity contribution is 6.59. The van der Waals surface area contributed by atoms with Crippen molar-refractivity contribution in [2.75, 3.05) is 4.90 Å². The molecule has 0 saturated carbocycles. The minimum atomic E-state index is -0.417. The minimum absolute atomic E-state index is 0.121. The van der Waals surface area contributed by atoms with E-state index in [9.17, 15) is 4.79 Å². The van der Waals surface area contributed by atoms with Gasteiger partial charge in [0.1, 0.15) is 5.71 Å². The Kier molecular flexibility index (Phi) is 2.91. The Morgan fingerprint density at radius 1 is 1.00 bits per heavy atom. The molecule has 3 rings (SSSR count). The molecule has 0 unspecified atom stereocenters. The van der Waals surface area contributed by atoms with E-state index in [1.54, 1.807) is 12.1 Å². The Balaban J connectivity index is 2.02. The van der Waals surface area contributed by atoms with Crippen molar-refractivity contribution in [1.29, 1.82) is 5.41 Å². The second kappa shape index (κ2) is 4.74. The van der Waals surface area contributed by atoms with Gasteiger partial charge < -0.3 is 0 Å². The summed E-state index contributed by atoms with van der Waals surface area (Å²) in [4.78, 5) is 17.4. The van der Waals surface area contributed by atoms with E-state index in [2.05, 4.69) is 4.99 Å². The third kappa shape index (κ3) is 1.91. The second-order valence-corrected chi connectivity index (χ2v) is 4.58. The van der Waals surface area contributed by atoms with Gasteiger partial charge in [-0.15, -0.1) is 0 Å². The number of rotatable bonds is 2. The molecule has 0 spiro atoms. The summed E-state index contributed by atoms with van der Waals surface area (Å²) in [7, 11) is 0. The molecule has 1 heterocycles. The number of benzene rings is 2. The van der Waals surface area contributed by atoms with Crippen molar-refractivity contribution in [3.05, 3.63) is 65.7 Å². The lowest BCUT2D eigenvalue weighted by Crippen LogP contribution is -2.32. The molecule has 0 aliphatic carbocycles. The zero-order valence-corrected chi connectivity index (χ0v) is 11.0. The van der Waals surface area contributed by atoms with E-state index in [4.69, 9.17) is 5.41 Å². The van der Waals surface area contributed by atoms with Crippen LogP contribution in [0.3, 0.4) is 0 Å². The fourth-order valence-corrected chi connectivity index (χ4v) is 2.24. The van der Waals surface area contributed by atoms with Crippen LogP contribution in [0.15, 0.2) is 59.6 Å². The van der Waals surface area contributed by atoms with Crippen molar-refractivity contribution in [2.24, 2.45) is 4.99 Å². The van der Waals surface area contributed by atoms with Crippen molar-refractivity contribution in [1.82, 2.24) is 0 Å². The van der Waals surface area contributed by atoms with Crippen LogP contribution in [0, 0.1) is 12.3 Å². The molecular weight excluding hydrogens is 250 g/mol. The summed E-state index contributed by atoms with van der Waals surface area (Å²) >= 11 is 0. The van der Waals surface area contributed by atoms with Gasteiger partial charge in [-0.3, -0.25) is 5.41 Å². The molecule has 0 saturated heterocycles. The summed E-state index contributed by atoms with van der Waals surface area (Å²) in [5.41, 5.74) is 2.91. The monoisotopic (exact) mass is 263 g/mol. The van der Waals surface area contributed by atoms with Crippen LogP contribution in [-0.2, 0) is 0 Å². The Morgan fingerprint density at radius 3 is 2.35 bits per heavy atom. The molecule has 20 heavy (non-hydrogen) atoms. The number of carbonyl (C=O) groups excluding carboxylic acids is 1. The molecule has 0 bridgehead atoms. The first-order valence-corrected chi connectivity index (χ1v) is 6.31. The lowest BCUT2D eigenvalue weighted by Gasteiger charge is -2.15. The molecule has 4 heteroatoms. The Morgan fingerprint density at radius 2 is 1.65 bits per heavy atom. The first kappa shape index (κ1) is 12.3. The number of urea groups is 1. The van der Waals surface area contributed by atoms with Gasteiger partial charge >= 0.3 is 6.03 Å². The van der Waals surface area contributed by atoms with E-state index >= 15 is 0 Å². The van der Waals surface area contributed by atoms with Gasteiger partial charge in [0.15, 0.2) is 5.84 Å². The first-order valence-electron chi connectivity index (χ1n) is 6.31. The minimum Gasteiger partial charge on any atom is -0.282 e. The van der Waals surface area contributed by atoms with Crippen molar-refractivity contribution >= 4 is 23.3 Å². The van der Waals surface area contributed by atoms with Crippen LogP contribution < -0.4 is 4.90 Å². The van der Waals surface area contributed by atoms with E-state index in [-0.39, 0.29) is 5.84 Å². The van der Waals surface area contributed by atoms with E-state index in [0.717, 1.165) is 11.1 Å². The molecule has 0 fully saturated rings. The molecule has 1 aliphatic rings. The number of amides is 2. The van der Waals surface area contributed by atoms with Gasteiger partial charge in [0.05, 0.1) is 5.69 Å². The van der Waals surface area contributed by atoms with Crippen LogP contribution in [0.5, 0.6) is 0 Å². The molecule has 2 aromatic rings. The third-order valence-corrected chi connectivity index (χ3v) is 3.26. The molecule has 98 valence electrons. The van der Waals surface area contributed by atoms with Crippen molar-refractivity contribution in [3.8, 4) is 0 Å². The average Bonchev–Trinajstić information content (AvgIpc) is 2.75. The van der Waals surface area contributed by atoms with E-state index in [0.29, 0.717) is 11.4 Å². The molecule has 1 aliphatic heterocycles. The topological polar surface area (TPSA) is 56.5 Å². The number of aliphatic imine (C=N–C) groups is 1. The van der Waals surface area contributed by atoms with Gasteiger partial charge in [-0.2, -0.15) is 4.99 Å². The normalized spacial score (nSPS) is 14.7. The van der Waals surface area contributed by atoms with Crippen molar-refractivity contribution in [2.45, 2.75) is 6.92 Å². The summed E-state index contributed by atoms with van der Waals surface area (Å²) in [5, 5.41) is 8.24. The van der Waals surface area contributed by atoms with E-state index in [1.807, 2.05) is 49.4 Å². The van der Waals surface area contributed by atoms with Crippen LogP contribution in [0.25, 0.3) is 0 Å². The molecule has 1 N–H and O–H groups in total. The molecule has 0 aromatic heterocycles. The smallest absolute Gasteiger partial charge is 0.282 e. The third-order valence-electron chi connectivity index (χ3n) is 3.26. The first-order chi connectivity index (χ1) is 9.68. The summed E-state index contributed by atoms with van der Waals surface area (Å²) in [6, 6.07) is 16.3. The number of anilines is 1. The molecule has 0 atom stereocenters. The molecule has 2 amide bonds. The molecular formula is C16H13N3O. The second-order valence-electron chi connectivity index (χ2n) is 4.58. The number of hydrogen-bond acceptors (Lipinski definition) is 2. The van der Waals surface area contributed by atoms with E-state index < -0.39 is 6.03 Å². The SMILES string of the molecule is Cc1ccccc1C1=NC(=O)N(c2ccccc2)C1=N. The highest BCUT2D eigenvalue weighted by Crippen LogP contribution is 2.23. The average molecular weight is 263 g/mol. The number of nitrogens with zero attached hydrogens (tertiary/aromatic N) is 2. The van der Waals surface area contributed by atoms with Gasteiger partial charge in [0.2, 0.25) is 0 Å². The maximum Gasteiger partial charge on any atom is 0.354 e. The zero-order chi connectivity index (χ0) is 14.1. The van der Waals surface area contributed by atoms with Crippen LogP contribution in [0.4, 0.5) is 10.5 Å². The maximum atomic E-state index is 12.1. The zero-order valence-electron chi connectivity index (χ0n) is 11.0. The molecule has 4 nitrogen and oxygen atoms in total. The Bertz CT molecular complexity index is 720. The lowest BCUT2D eigenvalue weighted by atomic mass is 10.0. The van der Waals surface area contributed by atoms with Crippen LogP contribution >= 0.6 is 0 Å². The number of amidine groups is 1. The van der Waals surface area contributed by atoms with Gasteiger partial charge in [-0.05, 0) is 24.6 Å². The van der Waals surface area contributed by atoms with Gasteiger partial charge in [-0.1, -0.05) is 42.5 Å². The lowest BCUT2D eigenvalue weighted by molar-refractivity contribution is 0.257. The van der Waals surface area contributed by atoms with E-state index in [1.165, 1.54) is 4.90 Å². The number of nitrogens with one attached hydrogen (secondary N) is 1. The Labute approximate surface area is 116 Å². The fourth-order valence-electron chi connectivity index (χ4n) is 2.24. The maximum absolute atomic E-state index is 12.1. The van der Waals surface area contributed by atoms with Gasteiger partial charge in [0.25, 0.3) is 0 Å². The summed E-state index contributed by atoms with van der Waals surface area (Å²) < 4.78 is 0. The molecule has 2 aromatic carbocycles. The van der Waals surface area contributed by atoms with Gasteiger partial charge in [-0.25, -0.2) is 9.69 Å². The standard InChI is InChI=1S/C16H13N3O/c1-11-7-5-6-10-13(11)14-15(17)19(16(20)18-14)12-8-3-2-4-9-12/h2-10,17H,1H3. The van der Waals surface area contributed by atoms with Crippen LogP contribution in [0.2, 0.25) is 0 Å². The quantitative estimate of drug-likeness (QED) is 0.887. The highest BCUT2D eigenvalue weighted by atomic mass is 16.2. The fraction of sp³-hybridized carbons (Fsp3) is 0.0625. The summed E-state index contributed by atoms with van der Waals surface area (Å²) in [6.07, 6.45) is 0. The number of hydrogen-bond donors (Lipinski definition) is 1. The predicted octanol–water partition coefficient (Wildman–Crippen LogP) is 3.40. The van der Waals surface area contributed by atoms with Crippen LogP contribution in [-0.4, -0.2) is 17.6 Å². The number of aryl methyl sites for hydroxylation is 1. The summed E-state index contributed by atoms with van der Waals surface area (Å²) in [6.45, 7) is 1.95. The number of carbonyl (C=O) groups is 1. The number of para-hydroxylation sites is 1. The van der Waals surface area contributed by atoms with Crippen LogP contribution in [0.1, 0.15) is 11.1 Å². The van der Waals surface area contributed by atoms with Crippen molar-refractivity contribution < 1.29 is 4.79 Å². The predicted molar refractivity (Wildman–Crippen MR) is 79.8 cm³/mol. The van der Waals surface area contributed by atoms with Crippen molar-refractivity contribution in [3.63, 3.8) is 0 Å². The highest BCUT2D eigenvalue weighted by Gasteiger charge is 2.32.